The largest absolute Gasteiger partial charge is 0.392 e. The number of rotatable bonds is 6. The molecule has 3 nitrogen and oxygen atoms in total. The van der Waals surface area contributed by atoms with Crippen LogP contribution in [0.1, 0.15) is 30.9 Å². The lowest BCUT2D eigenvalue weighted by atomic mass is 10.1. The Bertz CT molecular complexity index is 289. The highest BCUT2D eigenvalue weighted by atomic mass is 16.3. The second kappa shape index (κ2) is 6.53. The Hall–Kier alpha value is -0.930. The first-order valence-corrected chi connectivity index (χ1v) is 5.52. The van der Waals surface area contributed by atoms with Gasteiger partial charge in [0, 0.05) is 25.5 Å². The number of nitrogens with one attached hydrogen (secondary N) is 1. The van der Waals surface area contributed by atoms with Gasteiger partial charge in [0.15, 0.2) is 0 Å². The number of nitrogens with zero attached hydrogens (tertiary/aromatic N) is 1. The number of aryl methyl sites for hydroxylation is 1. The zero-order valence-electron chi connectivity index (χ0n) is 9.53. The predicted octanol–water partition coefficient (Wildman–Crippen LogP) is 1.64. The van der Waals surface area contributed by atoms with Gasteiger partial charge >= 0.3 is 0 Å². The highest BCUT2D eigenvalue weighted by Gasteiger charge is 2.02. The molecule has 0 aliphatic rings. The second-order valence-corrected chi connectivity index (χ2v) is 3.88. The van der Waals surface area contributed by atoms with Gasteiger partial charge in [-0.3, -0.25) is 4.98 Å². The molecule has 1 heterocycles. The number of pyridine rings is 1. The molecule has 0 aromatic carbocycles. The van der Waals surface area contributed by atoms with E-state index in [0.29, 0.717) is 6.54 Å². The molecule has 84 valence electrons. The fraction of sp³-hybridized carbons (Fsp3) is 0.583. The van der Waals surface area contributed by atoms with Crippen molar-refractivity contribution in [2.75, 3.05) is 6.54 Å². The lowest BCUT2D eigenvalue weighted by Gasteiger charge is -2.11. The van der Waals surface area contributed by atoms with Crippen LogP contribution in [-0.2, 0) is 6.54 Å². The van der Waals surface area contributed by atoms with Crippen molar-refractivity contribution in [2.45, 2.75) is 39.3 Å². The molecule has 0 aliphatic heterocycles. The Morgan fingerprint density at radius 3 is 3.00 bits per heavy atom. The van der Waals surface area contributed by atoms with Crippen LogP contribution in [0.3, 0.4) is 0 Å². The van der Waals surface area contributed by atoms with Crippen LogP contribution in [0, 0.1) is 6.92 Å². The van der Waals surface area contributed by atoms with Gasteiger partial charge in [0.05, 0.1) is 6.10 Å². The average Bonchev–Trinajstić information content (AvgIpc) is 2.21. The Labute approximate surface area is 91.5 Å². The van der Waals surface area contributed by atoms with Gasteiger partial charge in [0.25, 0.3) is 0 Å². The third kappa shape index (κ3) is 4.40. The number of aromatic nitrogens is 1. The Morgan fingerprint density at radius 1 is 1.53 bits per heavy atom. The molecular formula is C12H20N2O. The monoisotopic (exact) mass is 208 g/mol. The Balaban J connectivity index is 2.29. The van der Waals surface area contributed by atoms with Crippen LogP contribution in [0.25, 0.3) is 0 Å². The van der Waals surface area contributed by atoms with E-state index in [2.05, 4.69) is 24.1 Å². The zero-order chi connectivity index (χ0) is 11.1. The summed E-state index contributed by atoms with van der Waals surface area (Å²) in [6, 6.07) is 2.00. The molecule has 0 radical (unpaired) electrons. The highest BCUT2D eigenvalue weighted by Crippen LogP contribution is 2.04. The summed E-state index contributed by atoms with van der Waals surface area (Å²) in [6.45, 7) is 5.58. The van der Waals surface area contributed by atoms with Crippen LogP contribution < -0.4 is 5.32 Å². The molecule has 0 aliphatic carbocycles. The third-order valence-corrected chi connectivity index (χ3v) is 2.46. The van der Waals surface area contributed by atoms with Gasteiger partial charge in [-0.25, -0.2) is 0 Å². The van der Waals surface area contributed by atoms with Gasteiger partial charge < -0.3 is 10.4 Å². The summed E-state index contributed by atoms with van der Waals surface area (Å²) in [7, 11) is 0. The van der Waals surface area contributed by atoms with Crippen molar-refractivity contribution in [2.24, 2.45) is 0 Å². The number of aliphatic hydroxyl groups is 1. The van der Waals surface area contributed by atoms with E-state index < -0.39 is 0 Å². The molecule has 1 atom stereocenters. The van der Waals surface area contributed by atoms with E-state index in [1.165, 1.54) is 11.1 Å². The van der Waals surface area contributed by atoms with E-state index in [1.54, 1.807) is 6.20 Å². The molecule has 2 N–H and O–H groups in total. The molecule has 0 amide bonds. The lowest BCUT2D eigenvalue weighted by Crippen LogP contribution is -2.26. The fourth-order valence-corrected chi connectivity index (χ4v) is 1.49. The van der Waals surface area contributed by atoms with Crippen molar-refractivity contribution in [3.05, 3.63) is 29.6 Å². The SMILES string of the molecule is CCCC(O)CNCc1cnccc1C. The minimum absolute atomic E-state index is 0.230. The molecule has 1 rings (SSSR count). The molecule has 0 bridgehead atoms. The summed E-state index contributed by atoms with van der Waals surface area (Å²) in [5.41, 5.74) is 2.43. The molecule has 1 aromatic heterocycles. The van der Waals surface area contributed by atoms with Crippen molar-refractivity contribution in [1.29, 1.82) is 0 Å². The first-order valence-electron chi connectivity index (χ1n) is 5.52. The highest BCUT2D eigenvalue weighted by molar-refractivity contribution is 5.20. The summed E-state index contributed by atoms with van der Waals surface area (Å²) in [5, 5.41) is 12.8. The van der Waals surface area contributed by atoms with Crippen LogP contribution in [0.5, 0.6) is 0 Å². The molecular weight excluding hydrogens is 188 g/mol. The minimum Gasteiger partial charge on any atom is -0.392 e. The normalized spacial score (nSPS) is 12.7. The van der Waals surface area contributed by atoms with Crippen LogP contribution in [0.4, 0.5) is 0 Å². The van der Waals surface area contributed by atoms with E-state index >= 15 is 0 Å². The fourth-order valence-electron chi connectivity index (χ4n) is 1.49. The number of aliphatic hydroxyl groups excluding tert-OH is 1. The van der Waals surface area contributed by atoms with Crippen LogP contribution in [0.15, 0.2) is 18.5 Å². The van der Waals surface area contributed by atoms with Crippen molar-refractivity contribution in [3.63, 3.8) is 0 Å². The van der Waals surface area contributed by atoms with Crippen molar-refractivity contribution < 1.29 is 5.11 Å². The van der Waals surface area contributed by atoms with Crippen LogP contribution in [-0.4, -0.2) is 22.7 Å². The topological polar surface area (TPSA) is 45.1 Å². The molecule has 15 heavy (non-hydrogen) atoms. The quantitative estimate of drug-likeness (QED) is 0.747. The summed E-state index contributed by atoms with van der Waals surface area (Å²) in [4.78, 5) is 4.08. The molecule has 3 heteroatoms. The van der Waals surface area contributed by atoms with Crippen LogP contribution >= 0.6 is 0 Å². The lowest BCUT2D eigenvalue weighted by molar-refractivity contribution is 0.160. The zero-order valence-corrected chi connectivity index (χ0v) is 9.53. The average molecular weight is 208 g/mol. The van der Waals surface area contributed by atoms with Crippen molar-refractivity contribution in [3.8, 4) is 0 Å². The molecule has 1 aromatic rings. The molecule has 0 spiro atoms. The van der Waals surface area contributed by atoms with E-state index in [4.69, 9.17) is 0 Å². The van der Waals surface area contributed by atoms with E-state index in [9.17, 15) is 5.11 Å². The smallest absolute Gasteiger partial charge is 0.0664 e. The van der Waals surface area contributed by atoms with E-state index in [-0.39, 0.29) is 6.10 Å². The van der Waals surface area contributed by atoms with Gasteiger partial charge in [-0.2, -0.15) is 0 Å². The number of hydrogen-bond donors (Lipinski definition) is 2. The van der Waals surface area contributed by atoms with Gasteiger partial charge in [0.1, 0.15) is 0 Å². The maximum atomic E-state index is 9.52. The first-order chi connectivity index (χ1) is 7.24. The first kappa shape index (κ1) is 12.1. The predicted molar refractivity (Wildman–Crippen MR) is 61.6 cm³/mol. The van der Waals surface area contributed by atoms with E-state index in [0.717, 1.165) is 19.4 Å². The Kier molecular flexibility index (Phi) is 5.29. The molecule has 1 unspecified atom stereocenters. The molecule has 0 saturated carbocycles. The van der Waals surface area contributed by atoms with E-state index in [1.807, 2.05) is 12.3 Å². The number of hydrogen-bond acceptors (Lipinski definition) is 3. The molecule has 0 fully saturated rings. The molecule has 0 saturated heterocycles. The third-order valence-electron chi connectivity index (χ3n) is 2.46. The second-order valence-electron chi connectivity index (χ2n) is 3.88. The van der Waals surface area contributed by atoms with Gasteiger partial charge in [0.2, 0.25) is 0 Å². The standard InChI is InChI=1S/C12H20N2O/c1-3-4-12(15)9-14-8-11-7-13-6-5-10(11)2/h5-7,12,14-15H,3-4,8-9H2,1-2H3. The van der Waals surface area contributed by atoms with Crippen molar-refractivity contribution >= 4 is 0 Å². The minimum atomic E-state index is -0.230. The summed E-state index contributed by atoms with van der Waals surface area (Å²) in [5.74, 6) is 0. The van der Waals surface area contributed by atoms with Crippen LogP contribution in [0.2, 0.25) is 0 Å². The van der Waals surface area contributed by atoms with Gasteiger partial charge in [-0.1, -0.05) is 13.3 Å². The van der Waals surface area contributed by atoms with Gasteiger partial charge in [-0.05, 0) is 30.5 Å². The maximum absolute atomic E-state index is 9.52. The summed E-state index contributed by atoms with van der Waals surface area (Å²) < 4.78 is 0. The maximum Gasteiger partial charge on any atom is 0.0664 e. The van der Waals surface area contributed by atoms with Crippen molar-refractivity contribution in [1.82, 2.24) is 10.3 Å². The van der Waals surface area contributed by atoms with Gasteiger partial charge in [-0.15, -0.1) is 0 Å². The summed E-state index contributed by atoms with van der Waals surface area (Å²) >= 11 is 0. The Morgan fingerprint density at radius 2 is 2.33 bits per heavy atom. The summed E-state index contributed by atoms with van der Waals surface area (Å²) in [6.07, 6.45) is 5.32.